The van der Waals surface area contributed by atoms with Crippen molar-refractivity contribution in [3.63, 3.8) is 0 Å². The summed E-state index contributed by atoms with van der Waals surface area (Å²) in [5, 5.41) is 1.39. The highest BCUT2D eigenvalue weighted by molar-refractivity contribution is 5.89. The molecule has 1 aromatic carbocycles. The summed E-state index contributed by atoms with van der Waals surface area (Å²) < 4.78 is 5.39. The predicted molar refractivity (Wildman–Crippen MR) is 106 cm³/mol. The minimum absolute atomic E-state index is 0.00565. The smallest absolute Gasteiger partial charge is 0.410 e. The lowest BCUT2D eigenvalue weighted by Gasteiger charge is -2.37. The van der Waals surface area contributed by atoms with Crippen LogP contribution < -0.4 is 0 Å². The number of piperazine rings is 1. The minimum Gasteiger partial charge on any atom is -0.444 e. The Kier molecular flexibility index (Phi) is 6.22. The second-order valence-corrected chi connectivity index (χ2v) is 8.03. The number of amides is 2. The van der Waals surface area contributed by atoms with E-state index in [2.05, 4.69) is 0 Å². The van der Waals surface area contributed by atoms with Crippen molar-refractivity contribution in [3.8, 4) is 0 Å². The van der Waals surface area contributed by atoms with E-state index in [-0.39, 0.29) is 18.5 Å². The largest absolute Gasteiger partial charge is 0.444 e. The molecule has 0 radical (unpaired) electrons. The Morgan fingerprint density at radius 3 is 2.34 bits per heavy atom. The van der Waals surface area contributed by atoms with Crippen LogP contribution in [0.2, 0.25) is 0 Å². The number of rotatable bonds is 3. The van der Waals surface area contributed by atoms with Crippen LogP contribution in [-0.4, -0.2) is 71.2 Å². The standard InChI is InChI=1S/C21H27N3O5/c1-21(2,3)28-20(27)22-11-9-17(10-12-22)24-14-13-23(15-18(24)25)29-19(26)16-7-5-4-6-8-16/h4-9H,10-15H2,1-3H3. The van der Waals surface area contributed by atoms with Crippen LogP contribution in [0.15, 0.2) is 42.1 Å². The molecule has 156 valence electrons. The molecule has 2 aliphatic rings. The van der Waals surface area contributed by atoms with Crippen LogP contribution in [0.5, 0.6) is 0 Å². The summed E-state index contributed by atoms with van der Waals surface area (Å²) in [5.41, 5.74) is 0.799. The maximum Gasteiger partial charge on any atom is 0.410 e. The monoisotopic (exact) mass is 401 g/mol. The molecule has 3 rings (SSSR count). The predicted octanol–water partition coefficient (Wildman–Crippen LogP) is 2.43. The van der Waals surface area contributed by atoms with Gasteiger partial charge in [0.2, 0.25) is 5.91 Å². The molecule has 1 aromatic rings. The molecule has 1 saturated heterocycles. The van der Waals surface area contributed by atoms with Gasteiger partial charge in [0.15, 0.2) is 0 Å². The van der Waals surface area contributed by atoms with Crippen LogP contribution in [0, 0.1) is 0 Å². The van der Waals surface area contributed by atoms with E-state index in [1.807, 2.05) is 32.9 Å². The van der Waals surface area contributed by atoms with E-state index in [1.165, 1.54) is 5.06 Å². The summed E-state index contributed by atoms with van der Waals surface area (Å²) in [7, 11) is 0. The van der Waals surface area contributed by atoms with Gasteiger partial charge in [-0.05, 0) is 39.0 Å². The van der Waals surface area contributed by atoms with Gasteiger partial charge in [-0.15, -0.1) is 5.06 Å². The Morgan fingerprint density at radius 1 is 1.03 bits per heavy atom. The maximum absolute atomic E-state index is 12.6. The Hall–Kier alpha value is -2.87. The van der Waals surface area contributed by atoms with E-state index in [9.17, 15) is 14.4 Å². The molecule has 0 saturated carbocycles. The highest BCUT2D eigenvalue weighted by Crippen LogP contribution is 2.20. The molecule has 2 amide bonds. The number of hydrogen-bond donors (Lipinski definition) is 0. The van der Waals surface area contributed by atoms with Gasteiger partial charge >= 0.3 is 12.1 Å². The fourth-order valence-electron chi connectivity index (χ4n) is 3.17. The summed E-state index contributed by atoms with van der Waals surface area (Å²) in [5.74, 6) is -0.606. The van der Waals surface area contributed by atoms with Gasteiger partial charge in [-0.1, -0.05) is 18.2 Å². The van der Waals surface area contributed by atoms with Crippen molar-refractivity contribution in [3.05, 3.63) is 47.7 Å². The zero-order valence-electron chi connectivity index (χ0n) is 17.1. The third-order valence-electron chi connectivity index (χ3n) is 4.59. The van der Waals surface area contributed by atoms with Crippen molar-refractivity contribution in [2.24, 2.45) is 0 Å². The molecule has 0 spiro atoms. The van der Waals surface area contributed by atoms with Crippen molar-refractivity contribution in [1.82, 2.24) is 14.9 Å². The van der Waals surface area contributed by atoms with Crippen molar-refractivity contribution in [2.45, 2.75) is 32.8 Å². The molecule has 2 aliphatic heterocycles. The average Bonchev–Trinajstić information content (AvgIpc) is 2.67. The number of nitrogens with zero attached hydrogens (tertiary/aromatic N) is 3. The molecular weight excluding hydrogens is 374 g/mol. The van der Waals surface area contributed by atoms with Crippen molar-refractivity contribution >= 4 is 18.0 Å². The van der Waals surface area contributed by atoms with E-state index in [0.29, 0.717) is 38.2 Å². The highest BCUT2D eigenvalue weighted by atomic mass is 16.7. The number of carbonyl (C=O) groups is 3. The summed E-state index contributed by atoms with van der Waals surface area (Å²) in [6.07, 6.45) is 2.11. The second kappa shape index (κ2) is 8.65. The molecule has 0 unspecified atom stereocenters. The molecule has 0 aliphatic carbocycles. The van der Waals surface area contributed by atoms with Crippen molar-refractivity contribution in [1.29, 1.82) is 0 Å². The number of benzene rings is 1. The molecule has 0 N–H and O–H groups in total. The van der Waals surface area contributed by atoms with Gasteiger partial charge in [-0.3, -0.25) is 4.79 Å². The summed E-state index contributed by atoms with van der Waals surface area (Å²) >= 11 is 0. The normalized spacial score (nSPS) is 18.3. The SMILES string of the molecule is CC(C)(C)OC(=O)N1CC=C(N2CCN(OC(=O)c3ccccc3)CC2=O)CC1. The molecule has 1 fully saturated rings. The van der Waals surface area contributed by atoms with Gasteiger partial charge in [-0.2, -0.15) is 0 Å². The van der Waals surface area contributed by atoms with Gasteiger partial charge in [-0.25, -0.2) is 9.59 Å². The lowest BCUT2D eigenvalue weighted by Crippen LogP contribution is -2.51. The zero-order valence-corrected chi connectivity index (χ0v) is 17.1. The average molecular weight is 401 g/mol. The number of hydrogen-bond acceptors (Lipinski definition) is 6. The van der Waals surface area contributed by atoms with Crippen LogP contribution in [-0.2, 0) is 14.4 Å². The highest BCUT2D eigenvalue weighted by Gasteiger charge is 2.31. The fourth-order valence-corrected chi connectivity index (χ4v) is 3.17. The summed E-state index contributed by atoms with van der Waals surface area (Å²) in [6, 6.07) is 8.68. The van der Waals surface area contributed by atoms with Crippen LogP contribution in [0.1, 0.15) is 37.6 Å². The first-order chi connectivity index (χ1) is 13.7. The molecule has 0 atom stereocenters. The van der Waals surface area contributed by atoms with Crippen LogP contribution in [0.3, 0.4) is 0 Å². The molecule has 29 heavy (non-hydrogen) atoms. The van der Waals surface area contributed by atoms with E-state index in [1.54, 1.807) is 34.1 Å². The Balaban J connectivity index is 1.52. The second-order valence-electron chi connectivity index (χ2n) is 8.03. The van der Waals surface area contributed by atoms with Gasteiger partial charge in [0.1, 0.15) is 12.1 Å². The molecule has 8 heteroatoms. The van der Waals surface area contributed by atoms with Gasteiger partial charge in [0.05, 0.1) is 12.1 Å². The van der Waals surface area contributed by atoms with Crippen molar-refractivity contribution < 1.29 is 24.0 Å². The summed E-state index contributed by atoms with van der Waals surface area (Å²) in [4.78, 5) is 45.6. The van der Waals surface area contributed by atoms with E-state index >= 15 is 0 Å². The Bertz CT molecular complexity index is 800. The minimum atomic E-state index is -0.537. The molecule has 8 nitrogen and oxygen atoms in total. The number of hydroxylamine groups is 2. The molecule has 2 heterocycles. The van der Waals surface area contributed by atoms with Crippen molar-refractivity contribution in [2.75, 3.05) is 32.7 Å². The first-order valence-electron chi connectivity index (χ1n) is 9.72. The number of carbonyl (C=O) groups excluding carboxylic acids is 3. The molecular formula is C21H27N3O5. The fraction of sp³-hybridized carbons (Fsp3) is 0.476. The van der Waals surface area contributed by atoms with E-state index in [0.717, 1.165) is 5.70 Å². The number of ether oxygens (including phenoxy) is 1. The third kappa shape index (κ3) is 5.57. The van der Waals surface area contributed by atoms with E-state index in [4.69, 9.17) is 9.57 Å². The Morgan fingerprint density at radius 2 is 1.76 bits per heavy atom. The maximum atomic E-state index is 12.6. The topological polar surface area (TPSA) is 79.4 Å². The Labute approximate surface area is 170 Å². The molecule has 0 bridgehead atoms. The summed E-state index contributed by atoms with van der Waals surface area (Å²) in [6.45, 7) is 7.26. The zero-order chi connectivity index (χ0) is 21.0. The van der Waals surface area contributed by atoms with Gasteiger partial charge < -0.3 is 19.4 Å². The first kappa shape index (κ1) is 20.9. The van der Waals surface area contributed by atoms with Crippen LogP contribution >= 0.6 is 0 Å². The van der Waals surface area contributed by atoms with Crippen LogP contribution in [0.25, 0.3) is 0 Å². The molecule has 0 aromatic heterocycles. The lowest BCUT2D eigenvalue weighted by atomic mass is 10.1. The quantitative estimate of drug-likeness (QED) is 0.774. The van der Waals surface area contributed by atoms with E-state index < -0.39 is 11.6 Å². The van der Waals surface area contributed by atoms with Gasteiger partial charge in [0.25, 0.3) is 0 Å². The van der Waals surface area contributed by atoms with Crippen LogP contribution in [0.4, 0.5) is 4.79 Å². The third-order valence-corrected chi connectivity index (χ3v) is 4.59. The first-order valence-corrected chi connectivity index (χ1v) is 9.72. The van der Waals surface area contributed by atoms with Gasteiger partial charge in [0, 0.05) is 31.8 Å². The lowest BCUT2D eigenvalue weighted by molar-refractivity contribution is -0.159.